The molecule has 0 aliphatic carbocycles. The number of amides is 1. The number of likely N-dealkylation sites (tertiary alicyclic amines) is 1. The maximum Gasteiger partial charge on any atom is 0.252 e. The van der Waals surface area contributed by atoms with Gasteiger partial charge in [-0.2, -0.15) is 4.31 Å². The maximum absolute atomic E-state index is 13.0. The Labute approximate surface area is 179 Å². The lowest BCUT2D eigenvalue weighted by atomic mass is 10.0. The Morgan fingerprint density at radius 2 is 1.79 bits per heavy atom. The molecule has 1 atom stereocenters. The number of carbonyl (C=O) groups is 1. The van der Waals surface area contributed by atoms with Crippen molar-refractivity contribution < 1.29 is 13.2 Å². The molecule has 162 valence electrons. The van der Waals surface area contributed by atoms with Gasteiger partial charge in [0.25, 0.3) is 5.91 Å². The topological polar surface area (TPSA) is 69.7 Å². The molecule has 0 spiro atoms. The number of rotatable bonds is 6. The van der Waals surface area contributed by atoms with Crippen LogP contribution < -0.4 is 5.32 Å². The van der Waals surface area contributed by atoms with E-state index in [9.17, 15) is 13.2 Å². The van der Waals surface area contributed by atoms with Crippen LogP contribution in [0.15, 0.2) is 23.1 Å². The highest BCUT2D eigenvalue weighted by atomic mass is 35.5. The summed E-state index contributed by atoms with van der Waals surface area (Å²) in [5.41, 5.74) is 0.217. The minimum absolute atomic E-state index is 0.138. The van der Waals surface area contributed by atoms with Gasteiger partial charge in [-0.15, -0.1) is 0 Å². The van der Waals surface area contributed by atoms with Crippen molar-refractivity contribution in [1.29, 1.82) is 0 Å². The zero-order valence-electron chi connectivity index (χ0n) is 17.2. The van der Waals surface area contributed by atoms with Gasteiger partial charge in [-0.05, 0) is 57.4 Å². The Morgan fingerprint density at radius 3 is 2.48 bits per heavy atom. The molecule has 2 aliphatic heterocycles. The SMILES string of the molecule is CC1CCCCN1CCNC(=O)c1cc(S(=O)(=O)N2CCCCCC2)ccc1Cl. The lowest BCUT2D eigenvalue weighted by molar-refractivity contribution is 0.0938. The molecule has 2 aliphatic rings. The molecule has 2 heterocycles. The number of sulfonamides is 1. The van der Waals surface area contributed by atoms with E-state index >= 15 is 0 Å². The number of nitrogens with one attached hydrogen (secondary N) is 1. The van der Waals surface area contributed by atoms with Crippen LogP contribution in [0.2, 0.25) is 5.02 Å². The number of hydrogen-bond donors (Lipinski definition) is 1. The molecule has 0 radical (unpaired) electrons. The summed E-state index contributed by atoms with van der Waals surface area (Å²) < 4.78 is 27.6. The first kappa shape index (κ1) is 22.5. The molecule has 8 heteroatoms. The van der Waals surface area contributed by atoms with Crippen LogP contribution in [-0.2, 0) is 10.0 Å². The molecule has 2 saturated heterocycles. The van der Waals surface area contributed by atoms with Crippen LogP contribution in [-0.4, -0.2) is 62.3 Å². The minimum atomic E-state index is -3.62. The summed E-state index contributed by atoms with van der Waals surface area (Å²) in [6, 6.07) is 4.95. The summed E-state index contributed by atoms with van der Waals surface area (Å²) in [5.74, 6) is -0.326. The van der Waals surface area contributed by atoms with E-state index in [1.54, 1.807) is 0 Å². The Hall–Kier alpha value is -1.15. The highest BCUT2D eigenvalue weighted by Crippen LogP contribution is 2.25. The van der Waals surface area contributed by atoms with Crippen LogP contribution in [0.4, 0.5) is 0 Å². The monoisotopic (exact) mass is 441 g/mol. The largest absolute Gasteiger partial charge is 0.351 e. The predicted octanol–water partition coefficient (Wildman–Crippen LogP) is 3.51. The average molecular weight is 442 g/mol. The van der Waals surface area contributed by atoms with Crippen LogP contribution in [0.1, 0.15) is 62.2 Å². The molecule has 0 saturated carbocycles. The van der Waals surface area contributed by atoms with Crippen molar-refractivity contribution in [2.24, 2.45) is 0 Å². The van der Waals surface area contributed by atoms with Crippen LogP contribution in [0.25, 0.3) is 0 Å². The molecule has 1 unspecified atom stereocenters. The Kier molecular flexibility index (Phi) is 7.96. The Bertz CT molecular complexity index is 807. The fraction of sp³-hybridized carbons (Fsp3) is 0.667. The third-order valence-corrected chi connectivity index (χ3v) is 8.23. The second-order valence-electron chi connectivity index (χ2n) is 8.10. The highest BCUT2D eigenvalue weighted by Gasteiger charge is 2.26. The summed E-state index contributed by atoms with van der Waals surface area (Å²) >= 11 is 6.22. The zero-order chi connectivity index (χ0) is 20.9. The zero-order valence-corrected chi connectivity index (χ0v) is 18.8. The lowest BCUT2D eigenvalue weighted by Gasteiger charge is -2.33. The summed E-state index contributed by atoms with van der Waals surface area (Å²) in [7, 11) is -3.62. The number of benzene rings is 1. The highest BCUT2D eigenvalue weighted by molar-refractivity contribution is 7.89. The summed E-state index contributed by atoms with van der Waals surface area (Å²) in [6.45, 7) is 5.64. The standard InChI is InChI=1S/C21H32ClN3O3S/c1-17-8-4-7-12-24(17)15-11-23-21(26)19-16-18(9-10-20(19)22)29(27,28)25-13-5-2-3-6-14-25/h9-10,16-17H,2-8,11-15H2,1H3,(H,23,26). The van der Waals surface area contributed by atoms with Gasteiger partial charge in [0.2, 0.25) is 10.0 Å². The van der Waals surface area contributed by atoms with E-state index in [-0.39, 0.29) is 21.4 Å². The van der Waals surface area contributed by atoms with Gasteiger partial charge in [0.15, 0.2) is 0 Å². The van der Waals surface area contributed by atoms with Gasteiger partial charge < -0.3 is 5.32 Å². The number of piperidine rings is 1. The van der Waals surface area contributed by atoms with Gasteiger partial charge in [-0.1, -0.05) is 30.9 Å². The Balaban J connectivity index is 1.67. The quantitative estimate of drug-likeness (QED) is 0.733. The summed E-state index contributed by atoms with van der Waals surface area (Å²) in [4.78, 5) is 15.2. The predicted molar refractivity (Wildman–Crippen MR) is 116 cm³/mol. The van der Waals surface area contributed by atoms with Crippen LogP contribution in [0.3, 0.4) is 0 Å². The first-order valence-corrected chi connectivity index (χ1v) is 12.5. The molecule has 1 N–H and O–H groups in total. The van der Waals surface area contributed by atoms with Gasteiger partial charge in [-0.3, -0.25) is 9.69 Å². The van der Waals surface area contributed by atoms with Gasteiger partial charge in [0.1, 0.15) is 0 Å². The van der Waals surface area contributed by atoms with Gasteiger partial charge >= 0.3 is 0 Å². The molecule has 2 fully saturated rings. The van der Waals surface area contributed by atoms with E-state index in [2.05, 4.69) is 17.1 Å². The van der Waals surface area contributed by atoms with E-state index < -0.39 is 10.0 Å². The fourth-order valence-electron chi connectivity index (χ4n) is 4.17. The van der Waals surface area contributed by atoms with E-state index in [1.165, 1.54) is 41.8 Å². The van der Waals surface area contributed by atoms with E-state index in [4.69, 9.17) is 11.6 Å². The molecule has 0 aromatic heterocycles. The number of carbonyl (C=O) groups excluding carboxylic acids is 1. The van der Waals surface area contributed by atoms with Gasteiger partial charge in [0.05, 0.1) is 15.5 Å². The van der Waals surface area contributed by atoms with Gasteiger partial charge in [0, 0.05) is 32.2 Å². The van der Waals surface area contributed by atoms with Crippen LogP contribution >= 0.6 is 11.6 Å². The smallest absolute Gasteiger partial charge is 0.252 e. The van der Waals surface area contributed by atoms with Crippen molar-refractivity contribution in [1.82, 2.24) is 14.5 Å². The first-order chi connectivity index (χ1) is 13.9. The molecule has 1 aromatic rings. The van der Waals surface area contributed by atoms with Crippen LogP contribution in [0.5, 0.6) is 0 Å². The van der Waals surface area contributed by atoms with Crippen molar-refractivity contribution in [3.05, 3.63) is 28.8 Å². The Morgan fingerprint density at radius 1 is 1.10 bits per heavy atom. The number of halogens is 1. The molecule has 0 bridgehead atoms. The molecular formula is C21H32ClN3O3S. The third-order valence-electron chi connectivity index (χ3n) is 6.01. The first-order valence-electron chi connectivity index (χ1n) is 10.7. The minimum Gasteiger partial charge on any atom is -0.351 e. The second kappa shape index (κ2) is 10.2. The third kappa shape index (κ3) is 5.72. The van der Waals surface area contributed by atoms with Crippen molar-refractivity contribution in [2.75, 3.05) is 32.7 Å². The molecule has 1 amide bonds. The van der Waals surface area contributed by atoms with E-state index in [0.717, 1.165) is 38.8 Å². The lowest BCUT2D eigenvalue weighted by Crippen LogP contribution is -2.42. The maximum atomic E-state index is 13.0. The van der Waals surface area contributed by atoms with E-state index in [1.807, 2.05) is 0 Å². The van der Waals surface area contributed by atoms with Crippen LogP contribution in [0, 0.1) is 0 Å². The van der Waals surface area contributed by atoms with Gasteiger partial charge in [-0.25, -0.2) is 8.42 Å². The second-order valence-corrected chi connectivity index (χ2v) is 10.4. The average Bonchev–Trinajstić information content (AvgIpc) is 2.99. The molecule has 1 aromatic carbocycles. The molecule has 6 nitrogen and oxygen atoms in total. The van der Waals surface area contributed by atoms with E-state index in [0.29, 0.717) is 25.7 Å². The van der Waals surface area contributed by atoms with Crippen molar-refractivity contribution in [2.45, 2.75) is 62.8 Å². The normalized spacial score (nSPS) is 22.2. The van der Waals surface area contributed by atoms with Crippen molar-refractivity contribution in [3.63, 3.8) is 0 Å². The van der Waals surface area contributed by atoms with Crippen molar-refractivity contribution >= 4 is 27.5 Å². The number of hydrogen-bond acceptors (Lipinski definition) is 4. The molecule has 29 heavy (non-hydrogen) atoms. The molecular weight excluding hydrogens is 410 g/mol. The summed E-state index contributed by atoms with van der Waals surface area (Å²) in [5, 5.41) is 3.17. The summed E-state index contributed by atoms with van der Waals surface area (Å²) in [6.07, 6.45) is 7.49. The van der Waals surface area contributed by atoms with Crippen molar-refractivity contribution in [3.8, 4) is 0 Å². The molecule has 3 rings (SSSR count). The fourth-order valence-corrected chi connectivity index (χ4v) is 5.92. The number of nitrogens with zero attached hydrogens (tertiary/aromatic N) is 2.